The van der Waals surface area contributed by atoms with Crippen molar-refractivity contribution in [3.05, 3.63) is 76.6 Å². The Kier molecular flexibility index (Phi) is 7.19. The number of hydrogen-bond donors (Lipinski definition) is 3. The highest BCUT2D eigenvalue weighted by Gasteiger charge is 2.44. The summed E-state index contributed by atoms with van der Waals surface area (Å²) in [6.45, 7) is 1.50. The molecule has 3 aromatic rings. The molecule has 1 unspecified atom stereocenters. The Balaban J connectivity index is 1.49. The molecule has 2 aliphatic heterocycles. The number of alkyl halides is 5. The molecule has 1 fully saturated rings. The number of amides is 2. The van der Waals surface area contributed by atoms with E-state index in [1.54, 1.807) is 12.1 Å². The summed E-state index contributed by atoms with van der Waals surface area (Å²) in [5, 5.41) is 7.86. The van der Waals surface area contributed by atoms with Crippen molar-refractivity contribution in [3.8, 4) is 17.2 Å². The number of halogens is 6. The van der Waals surface area contributed by atoms with Crippen molar-refractivity contribution in [2.75, 3.05) is 30.8 Å². The molecule has 0 saturated carbocycles. The van der Waals surface area contributed by atoms with Crippen molar-refractivity contribution in [2.24, 2.45) is 0 Å². The van der Waals surface area contributed by atoms with Gasteiger partial charge in [-0.25, -0.2) is 4.39 Å². The van der Waals surface area contributed by atoms with Crippen molar-refractivity contribution >= 4 is 23.2 Å². The summed E-state index contributed by atoms with van der Waals surface area (Å²) in [6.07, 6.45) is -8.27. The lowest BCUT2D eigenvalue weighted by molar-refractivity contribution is -0.286. The molecule has 3 N–H and O–H groups in total. The molecular weight excluding hydrogens is 560 g/mol. The zero-order valence-corrected chi connectivity index (χ0v) is 21.1. The average Bonchev–Trinajstić information content (AvgIpc) is 3.54. The number of anilines is 2. The Morgan fingerprint density at radius 2 is 1.68 bits per heavy atom. The van der Waals surface area contributed by atoms with Crippen LogP contribution in [0.15, 0.2) is 48.5 Å². The van der Waals surface area contributed by atoms with Crippen molar-refractivity contribution < 1.29 is 50.1 Å². The molecule has 0 aromatic heterocycles. The Morgan fingerprint density at radius 1 is 0.976 bits per heavy atom. The predicted molar refractivity (Wildman–Crippen MR) is 133 cm³/mol. The minimum atomic E-state index is -5.05. The average molecular weight is 581 g/mol. The second-order valence-corrected chi connectivity index (χ2v) is 9.26. The standard InChI is InChI=1S/C27H21F6N3O5/c1-39-21-5-2-13(14-6-7-34-12-14)8-17(21)25(38)36-20-11-23-22(40-27(32,33)41-23)10-16(20)24(37)35-15-3-4-19(28)18(9-15)26(29,30)31/h2-5,8-11,14,34H,6-7,12H2,1H3,(H,35,37)(H,36,38). The molecule has 0 bridgehead atoms. The van der Waals surface area contributed by atoms with Crippen LogP contribution in [0.25, 0.3) is 0 Å². The third kappa shape index (κ3) is 5.87. The summed E-state index contributed by atoms with van der Waals surface area (Å²) in [5.41, 5.74) is -1.91. The Labute approximate surface area is 228 Å². The van der Waals surface area contributed by atoms with Crippen LogP contribution in [0.2, 0.25) is 0 Å². The summed E-state index contributed by atoms with van der Waals surface area (Å²) in [4.78, 5) is 26.5. The van der Waals surface area contributed by atoms with Gasteiger partial charge in [0.1, 0.15) is 11.6 Å². The number of carbonyl (C=O) groups is 2. The molecule has 0 spiro atoms. The maximum atomic E-state index is 13.8. The van der Waals surface area contributed by atoms with E-state index in [-0.39, 0.29) is 22.9 Å². The van der Waals surface area contributed by atoms with Crippen LogP contribution in [0, 0.1) is 5.82 Å². The van der Waals surface area contributed by atoms with E-state index < -0.39 is 58.4 Å². The SMILES string of the molecule is COc1ccc(C2CCNC2)cc1C(=O)Nc1cc2c(cc1C(=O)Nc1ccc(F)c(C(F)(F)F)c1)OC(F)(F)O2. The molecule has 8 nitrogen and oxygen atoms in total. The first-order chi connectivity index (χ1) is 19.3. The predicted octanol–water partition coefficient (Wildman–Crippen LogP) is 5.76. The van der Waals surface area contributed by atoms with Gasteiger partial charge in [-0.05, 0) is 60.8 Å². The topological polar surface area (TPSA) is 97.9 Å². The van der Waals surface area contributed by atoms with Gasteiger partial charge in [0.2, 0.25) is 0 Å². The van der Waals surface area contributed by atoms with Crippen LogP contribution in [-0.4, -0.2) is 38.3 Å². The number of hydrogen-bond acceptors (Lipinski definition) is 6. The molecule has 41 heavy (non-hydrogen) atoms. The maximum Gasteiger partial charge on any atom is 0.586 e. The summed E-state index contributed by atoms with van der Waals surface area (Å²) in [5.74, 6) is -4.16. The van der Waals surface area contributed by atoms with Crippen LogP contribution in [0.4, 0.5) is 37.7 Å². The molecule has 1 saturated heterocycles. The maximum absolute atomic E-state index is 13.8. The first-order valence-electron chi connectivity index (χ1n) is 12.2. The van der Waals surface area contributed by atoms with Crippen molar-refractivity contribution in [3.63, 3.8) is 0 Å². The van der Waals surface area contributed by atoms with Crippen LogP contribution >= 0.6 is 0 Å². The monoisotopic (exact) mass is 581 g/mol. The quantitative estimate of drug-likeness (QED) is 0.321. The highest BCUT2D eigenvalue weighted by atomic mass is 19.4. The van der Waals surface area contributed by atoms with E-state index in [2.05, 4.69) is 25.4 Å². The third-order valence-electron chi connectivity index (χ3n) is 6.56. The van der Waals surface area contributed by atoms with Gasteiger partial charge in [-0.15, -0.1) is 8.78 Å². The fourth-order valence-corrected chi connectivity index (χ4v) is 4.59. The molecular formula is C27H21F6N3O5. The lowest BCUT2D eigenvalue weighted by atomic mass is 9.96. The summed E-state index contributed by atoms with van der Waals surface area (Å²) >= 11 is 0. The molecule has 3 aromatic carbocycles. The normalized spacial score (nSPS) is 17.3. The van der Waals surface area contributed by atoms with E-state index in [9.17, 15) is 35.9 Å². The van der Waals surface area contributed by atoms with Gasteiger partial charge in [0.15, 0.2) is 11.5 Å². The van der Waals surface area contributed by atoms with Gasteiger partial charge in [0, 0.05) is 18.3 Å². The van der Waals surface area contributed by atoms with Gasteiger partial charge in [0.25, 0.3) is 11.8 Å². The minimum absolute atomic E-state index is 0.0830. The lowest BCUT2D eigenvalue weighted by Crippen LogP contribution is -2.25. The first-order valence-corrected chi connectivity index (χ1v) is 12.2. The number of benzene rings is 3. The number of fused-ring (bicyclic) bond motifs is 1. The number of ether oxygens (including phenoxy) is 3. The van der Waals surface area contributed by atoms with Gasteiger partial charge < -0.3 is 30.2 Å². The van der Waals surface area contributed by atoms with E-state index in [4.69, 9.17) is 4.74 Å². The fraction of sp³-hybridized carbons (Fsp3) is 0.259. The van der Waals surface area contributed by atoms with Crippen LogP contribution in [-0.2, 0) is 6.18 Å². The molecule has 2 aliphatic rings. The van der Waals surface area contributed by atoms with E-state index >= 15 is 0 Å². The second kappa shape index (κ2) is 10.5. The summed E-state index contributed by atoms with van der Waals surface area (Å²) in [6, 6.07) is 8.57. The highest BCUT2D eigenvalue weighted by Crippen LogP contribution is 2.44. The number of methoxy groups -OCH3 is 1. The van der Waals surface area contributed by atoms with Crippen molar-refractivity contribution in [1.29, 1.82) is 0 Å². The van der Waals surface area contributed by atoms with E-state index in [0.29, 0.717) is 18.7 Å². The molecule has 0 radical (unpaired) electrons. The first kappa shape index (κ1) is 28.1. The van der Waals surface area contributed by atoms with E-state index in [1.165, 1.54) is 7.11 Å². The molecule has 216 valence electrons. The molecule has 5 rings (SSSR count). The second-order valence-electron chi connectivity index (χ2n) is 9.26. The molecule has 2 heterocycles. The van der Waals surface area contributed by atoms with Crippen LogP contribution < -0.4 is 30.2 Å². The van der Waals surface area contributed by atoms with Gasteiger partial charge in [-0.2, -0.15) is 13.2 Å². The smallest absolute Gasteiger partial charge is 0.496 e. The highest BCUT2D eigenvalue weighted by molar-refractivity contribution is 6.13. The molecule has 0 aliphatic carbocycles. The molecule has 2 amide bonds. The zero-order chi connectivity index (χ0) is 29.5. The minimum Gasteiger partial charge on any atom is -0.496 e. The van der Waals surface area contributed by atoms with Crippen LogP contribution in [0.1, 0.15) is 44.2 Å². The van der Waals surface area contributed by atoms with E-state index in [1.807, 2.05) is 6.07 Å². The van der Waals surface area contributed by atoms with Gasteiger partial charge >= 0.3 is 12.5 Å². The Morgan fingerprint density at radius 3 is 2.34 bits per heavy atom. The lowest BCUT2D eigenvalue weighted by Gasteiger charge is -2.16. The Hall–Kier alpha value is -4.46. The summed E-state index contributed by atoms with van der Waals surface area (Å²) in [7, 11) is 1.35. The third-order valence-corrected chi connectivity index (χ3v) is 6.56. The van der Waals surface area contributed by atoms with Gasteiger partial charge in [-0.1, -0.05) is 6.07 Å². The molecule has 14 heteroatoms. The molecule has 1 atom stereocenters. The van der Waals surface area contributed by atoms with Crippen LogP contribution in [0.3, 0.4) is 0 Å². The van der Waals surface area contributed by atoms with E-state index in [0.717, 1.165) is 36.7 Å². The Bertz CT molecular complexity index is 1520. The van der Waals surface area contributed by atoms with Crippen LogP contribution in [0.5, 0.6) is 17.2 Å². The van der Waals surface area contributed by atoms with Gasteiger partial charge in [0.05, 0.1) is 29.5 Å². The number of carbonyl (C=O) groups excluding carboxylic acids is 2. The summed E-state index contributed by atoms with van der Waals surface area (Å²) < 4.78 is 94.8. The number of nitrogens with one attached hydrogen (secondary N) is 3. The zero-order valence-electron chi connectivity index (χ0n) is 21.1. The van der Waals surface area contributed by atoms with Crippen molar-refractivity contribution in [1.82, 2.24) is 5.32 Å². The van der Waals surface area contributed by atoms with Gasteiger partial charge in [-0.3, -0.25) is 9.59 Å². The fourth-order valence-electron chi connectivity index (χ4n) is 4.59. The van der Waals surface area contributed by atoms with Crippen molar-refractivity contribution in [2.45, 2.75) is 24.8 Å². The largest absolute Gasteiger partial charge is 0.586 e. The number of rotatable bonds is 6.